The molecule has 1 aliphatic rings. The van der Waals surface area contributed by atoms with Crippen molar-refractivity contribution >= 4 is 29.0 Å². The lowest BCUT2D eigenvalue weighted by molar-refractivity contribution is -0.117. The fourth-order valence-corrected chi connectivity index (χ4v) is 3.42. The summed E-state index contributed by atoms with van der Waals surface area (Å²) in [5.74, 6) is -0.538. The minimum Gasteiger partial charge on any atom is -0.325 e. The maximum absolute atomic E-state index is 13.3. The molecule has 2 aromatic carbocycles. The van der Waals surface area contributed by atoms with Crippen molar-refractivity contribution in [2.45, 2.75) is 13.5 Å². The Kier molecular flexibility index (Phi) is 6.78. The highest BCUT2D eigenvalue weighted by Gasteiger charge is 2.19. The maximum Gasteiger partial charge on any atom is 0.238 e. The number of carbonyl (C=O) groups excluding carboxylic acids is 2. The van der Waals surface area contributed by atoms with Gasteiger partial charge in [-0.3, -0.25) is 19.4 Å². The molecule has 148 valence electrons. The summed E-state index contributed by atoms with van der Waals surface area (Å²) < 4.78 is 13.3. The molecular formula is C21H23ClFN3O2. The van der Waals surface area contributed by atoms with E-state index in [1.165, 1.54) is 13.0 Å². The highest BCUT2D eigenvalue weighted by molar-refractivity contribution is 6.30. The Labute approximate surface area is 169 Å². The number of hydrogen-bond acceptors (Lipinski definition) is 4. The van der Waals surface area contributed by atoms with E-state index in [4.69, 9.17) is 11.6 Å². The third-order valence-corrected chi connectivity index (χ3v) is 5.06. The molecule has 0 saturated carbocycles. The fraction of sp³-hybridized carbons (Fsp3) is 0.333. The quantitative estimate of drug-likeness (QED) is 0.751. The second kappa shape index (κ2) is 9.28. The molecule has 1 fully saturated rings. The SMILES string of the molecule is CC(=O)c1cccc(NC(=O)CN2CCN(Cc3ccc(F)c(Cl)c3)CC2)c1. The lowest BCUT2D eigenvalue weighted by Crippen LogP contribution is -2.48. The highest BCUT2D eigenvalue weighted by atomic mass is 35.5. The predicted octanol–water partition coefficient (Wildman–Crippen LogP) is 3.44. The van der Waals surface area contributed by atoms with Gasteiger partial charge in [0.1, 0.15) is 5.82 Å². The fourth-order valence-electron chi connectivity index (χ4n) is 3.22. The van der Waals surface area contributed by atoms with Gasteiger partial charge in [-0.15, -0.1) is 0 Å². The van der Waals surface area contributed by atoms with E-state index in [2.05, 4.69) is 15.1 Å². The first kappa shape index (κ1) is 20.5. The molecule has 1 N–H and O–H groups in total. The van der Waals surface area contributed by atoms with Gasteiger partial charge in [0, 0.05) is 44.0 Å². The molecular weight excluding hydrogens is 381 g/mol. The van der Waals surface area contributed by atoms with E-state index in [1.807, 2.05) is 0 Å². The number of nitrogens with one attached hydrogen (secondary N) is 1. The van der Waals surface area contributed by atoms with Crippen LogP contribution in [0, 0.1) is 5.82 Å². The Bertz CT molecular complexity index is 866. The van der Waals surface area contributed by atoms with Crippen molar-refractivity contribution in [1.82, 2.24) is 9.80 Å². The number of nitrogens with zero attached hydrogens (tertiary/aromatic N) is 2. The van der Waals surface area contributed by atoms with E-state index in [9.17, 15) is 14.0 Å². The highest BCUT2D eigenvalue weighted by Crippen LogP contribution is 2.18. The average molecular weight is 404 g/mol. The van der Waals surface area contributed by atoms with Gasteiger partial charge < -0.3 is 5.32 Å². The topological polar surface area (TPSA) is 52.7 Å². The lowest BCUT2D eigenvalue weighted by atomic mass is 10.1. The van der Waals surface area contributed by atoms with Crippen molar-refractivity contribution in [3.05, 3.63) is 64.4 Å². The zero-order valence-electron chi connectivity index (χ0n) is 15.8. The maximum atomic E-state index is 13.3. The van der Waals surface area contributed by atoms with E-state index < -0.39 is 5.82 Å². The Morgan fingerprint density at radius 1 is 1.07 bits per heavy atom. The van der Waals surface area contributed by atoms with Gasteiger partial charge in [0.25, 0.3) is 0 Å². The monoisotopic (exact) mass is 403 g/mol. The number of ketones is 1. The van der Waals surface area contributed by atoms with E-state index >= 15 is 0 Å². The number of rotatable bonds is 6. The second-order valence-electron chi connectivity index (χ2n) is 6.99. The van der Waals surface area contributed by atoms with Gasteiger partial charge >= 0.3 is 0 Å². The number of amides is 1. The van der Waals surface area contributed by atoms with Gasteiger partial charge in [0.2, 0.25) is 5.91 Å². The molecule has 7 heteroatoms. The zero-order valence-corrected chi connectivity index (χ0v) is 16.5. The van der Waals surface area contributed by atoms with E-state index in [0.29, 0.717) is 24.3 Å². The Balaban J connectivity index is 1.46. The molecule has 1 heterocycles. The van der Waals surface area contributed by atoms with Gasteiger partial charge in [0.15, 0.2) is 5.78 Å². The smallest absolute Gasteiger partial charge is 0.238 e. The molecule has 5 nitrogen and oxygen atoms in total. The number of hydrogen-bond donors (Lipinski definition) is 1. The third kappa shape index (κ3) is 5.61. The van der Waals surface area contributed by atoms with Crippen LogP contribution in [-0.4, -0.2) is 54.2 Å². The van der Waals surface area contributed by atoms with Crippen molar-refractivity contribution in [2.75, 3.05) is 38.0 Å². The van der Waals surface area contributed by atoms with E-state index in [0.717, 1.165) is 31.7 Å². The first-order chi connectivity index (χ1) is 13.4. The van der Waals surface area contributed by atoms with Crippen LogP contribution in [-0.2, 0) is 11.3 Å². The van der Waals surface area contributed by atoms with Crippen LogP contribution in [0.5, 0.6) is 0 Å². The van der Waals surface area contributed by atoms with Crippen molar-refractivity contribution < 1.29 is 14.0 Å². The van der Waals surface area contributed by atoms with Gasteiger partial charge in [-0.2, -0.15) is 0 Å². The summed E-state index contributed by atoms with van der Waals surface area (Å²) in [5, 5.41) is 2.99. The minimum absolute atomic E-state index is 0.0327. The van der Waals surface area contributed by atoms with Gasteiger partial charge in [0.05, 0.1) is 11.6 Å². The van der Waals surface area contributed by atoms with E-state index in [-0.39, 0.29) is 16.7 Å². The summed E-state index contributed by atoms with van der Waals surface area (Å²) in [7, 11) is 0. The van der Waals surface area contributed by atoms with Gasteiger partial charge in [-0.05, 0) is 36.8 Å². The summed E-state index contributed by atoms with van der Waals surface area (Å²) in [5.41, 5.74) is 2.18. The van der Waals surface area contributed by atoms with Crippen molar-refractivity contribution in [3.63, 3.8) is 0 Å². The molecule has 3 rings (SSSR count). The molecule has 1 saturated heterocycles. The van der Waals surface area contributed by atoms with Crippen molar-refractivity contribution in [1.29, 1.82) is 0 Å². The number of benzene rings is 2. The first-order valence-corrected chi connectivity index (χ1v) is 9.58. The zero-order chi connectivity index (χ0) is 20.1. The Hall–Kier alpha value is -2.28. The number of carbonyl (C=O) groups is 2. The summed E-state index contributed by atoms with van der Waals surface area (Å²) in [4.78, 5) is 28.1. The summed E-state index contributed by atoms with van der Waals surface area (Å²) in [6.45, 7) is 5.70. The lowest BCUT2D eigenvalue weighted by Gasteiger charge is -2.34. The predicted molar refractivity (Wildman–Crippen MR) is 108 cm³/mol. The average Bonchev–Trinajstić information content (AvgIpc) is 2.66. The Morgan fingerprint density at radius 2 is 1.79 bits per heavy atom. The van der Waals surface area contributed by atoms with Crippen molar-refractivity contribution in [2.24, 2.45) is 0 Å². The van der Waals surface area contributed by atoms with Crippen LogP contribution in [0.1, 0.15) is 22.8 Å². The Morgan fingerprint density at radius 3 is 2.46 bits per heavy atom. The molecule has 28 heavy (non-hydrogen) atoms. The summed E-state index contributed by atoms with van der Waals surface area (Å²) in [6.07, 6.45) is 0. The molecule has 0 unspecified atom stereocenters. The van der Waals surface area contributed by atoms with E-state index in [1.54, 1.807) is 36.4 Å². The molecule has 2 aromatic rings. The number of Topliss-reactive ketones (excluding diaryl/α,β-unsaturated/α-hetero) is 1. The molecule has 0 atom stereocenters. The standard InChI is InChI=1S/C21H23ClFN3O2/c1-15(27)17-3-2-4-18(12-17)24-21(28)14-26-9-7-25(8-10-26)13-16-5-6-20(23)19(22)11-16/h2-6,11-12H,7-10,13-14H2,1H3,(H,24,28). The van der Waals surface area contributed by atoms with Gasteiger partial charge in [-0.1, -0.05) is 29.8 Å². The molecule has 0 aromatic heterocycles. The molecule has 0 bridgehead atoms. The molecule has 0 aliphatic carbocycles. The number of anilines is 1. The molecule has 0 spiro atoms. The molecule has 1 amide bonds. The van der Waals surface area contributed by atoms with Crippen LogP contribution < -0.4 is 5.32 Å². The molecule has 0 radical (unpaired) electrons. The van der Waals surface area contributed by atoms with Crippen molar-refractivity contribution in [3.8, 4) is 0 Å². The summed E-state index contributed by atoms with van der Waals surface area (Å²) >= 11 is 5.84. The minimum atomic E-state index is -0.407. The van der Waals surface area contributed by atoms with Crippen LogP contribution in [0.3, 0.4) is 0 Å². The van der Waals surface area contributed by atoms with Crippen LogP contribution in [0.15, 0.2) is 42.5 Å². The second-order valence-corrected chi connectivity index (χ2v) is 7.39. The third-order valence-electron chi connectivity index (χ3n) is 4.78. The number of piperazine rings is 1. The largest absolute Gasteiger partial charge is 0.325 e. The summed E-state index contributed by atoms with van der Waals surface area (Å²) in [6, 6.07) is 11.7. The van der Waals surface area contributed by atoms with Crippen LogP contribution in [0.4, 0.5) is 10.1 Å². The number of halogens is 2. The van der Waals surface area contributed by atoms with Gasteiger partial charge in [-0.25, -0.2) is 4.39 Å². The van der Waals surface area contributed by atoms with Crippen LogP contribution >= 0.6 is 11.6 Å². The van der Waals surface area contributed by atoms with Crippen LogP contribution in [0.2, 0.25) is 5.02 Å². The normalized spacial score (nSPS) is 15.4. The molecule has 1 aliphatic heterocycles. The first-order valence-electron chi connectivity index (χ1n) is 9.20. The van der Waals surface area contributed by atoms with Crippen LogP contribution in [0.25, 0.3) is 0 Å².